The molecule has 1 aliphatic heterocycles. The molecule has 1 amide bonds. The number of halogens is 1. The molecule has 6 heteroatoms. The molecule has 1 aromatic carbocycles. The fraction of sp³-hybridized carbons (Fsp3) is 0.312. The maximum absolute atomic E-state index is 12.5. The number of amides is 1. The predicted octanol–water partition coefficient (Wildman–Crippen LogP) is 2.83. The van der Waals surface area contributed by atoms with Crippen molar-refractivity contribution in [1.29, 1.82) is 0 Å². The third-order valence-electron chi connectivity index (χ3n) is 3.93. The van der Waals surface area contributed by atoms with Crippen molar-refractivity contribution in [2.75, 3.05) is 13.1 Å². The Morgan fingerprint density at radius 1 is 1.27 bits per heavy atom. The van der Waals surface area contributed by atoms with E-state index in [1.165, 1.54) is 0 Å². The molecule has 3 rings (SSSR count). The van der Waals surface area contributed by atoms with E-state index >= 15 is 0 Å². The summed E-state index contributed by atoms with van der Waals surface area (Å²) >= 11 is 5.95. The first-order valence-corrected chi connectivity index (χ1v) is 7.51. The van der Waals surface area contributed by atoms with E-state index in [0.29, 0.717) is 35.6 Å². The molecule has 22 heavy (non-hydrogen) atoms. The third kappa shape index (κ3) is 2.90. The fourth-order valence-electron chi connectivity index (χ4n) is 2.73. The van der Waals surface area contributed by atoms with Crippen molar-refractivity contribution in [1.82, 2.24) is 9.88 Å². The van der Waals surface area contributed by atoms with Crippen LogP contribution < -0.4 is 0 Å². The molecule has 0 saturated carbocycles. The van der Waals surface area contributed by atoms with Crippen molar-refractivity contribution < 1.29 is 14.7 Å². The zero-order chi connectivity index (χ0) is 15.7. The maximum atomic E-state index is 12.5. The Morgan fingerprint density at radius 3 is 2.82 bits per heavy atom. The van der Waals surface area contributed by atoms with Crippen LogP contribution in [0.15, 0.2) is 30.3 Å². The Hall–Kier alpha value is -2.14. The van der Waals surface area contributed by atoms with Gasteiger partial charge in [-0.3, -0.25) is 9.59 Å². The van der Waals surface area contributed by atoms with Gasteiger partial charge in [0.2, 0.25) is 0 Å². The first-order chi connectivity index (χ1) is 10.5. The van der Waals surface area contributed by atoms with Gasteiger partial charge in [0.1, 0.15) is 5.69 Å². The summed E-state index contributed by atoms with van der Waals surface area (Å²) in [6, 6.07) is 8.83. The normalized spacial score (nSPS) is 18.4. The molecule has 1 fully saturated rings. The molecule has 1 saturated heterocycles. The minimum absolute atomic E-state index is 0.229. The quantitative estimate of drug-likeness (QED) is 0.924. The molecule has 2 aromatic rings. The molecular formula is C16H15ClN2O3. The lowest BCUT2D eigenvalue weighted by Crippen LogP contribution is -2.42. The number of aliphatic carboxylic acids is 1. The van der Waals surface area contributed by atoms with Crippen molar-refractivity contribution in [3.8, 4) is 0 Å². The second-order valence-electron chi connectivity index (χ2n) is 5.46. The number of benzene rings is 1. The summed E-state index contributed by atoms with van der Waals surface area (Å²) in [5, 5.41) is 10.6. The van der Waals surface area contributed by atoms with Crippen molar-refractivity contribution in [3.05, 3.63) is 41.0 Å². The van der Waals surface area contributed by atoms with E-state index in [1.807, 2.05) is 12.1 Å². The van der Waals surface area contributed by atoms with Crippen LogP contribution in [0.3, 0.4) is 0 Å². The predicted molar refractivity (Wildman–Crippen MR) is 83.0 cm³/mol. The van der Waals surface area contributed by atoms with Crippen molar-refractivity contribution in [2.24, 2.45) is 5.92 Å². The summed E-state index contributed by atoms with van der Waals surface area (Å²) in [6.45, 7) is 0.807. The number of aromatic nitrogens is 1. The van der Waals surface area contributed by atoms with Crippen LogP contribution in [0.2, 0.25) is 5.02 Å². The SMILES string of the molecule is O=C(O)[C@@H]1CCCN(C(=O)c2ccc3ccc(Cl)cc3n2)C1. The highest BCUT2D eigenvalue weighted by Crippen LogP contribution is 2.21. The van der Waals surface area contributed by atoms with Gasteiger partial charge in [-0.2, -0.15) is 0 Å². The molecule has 0 unspecified atom stereocenters. The molecule has 1 aromatic heterocycles. The van der Waals surface area contributed by atoms with Gasteiger partial charge in [-0.15, -0.1) is 0 Å². The second-order valence-corrected chi connectivity index (χ2v) is 5.90. The van der Waals surface area contributed by atoms with Crippen molar-refractivity contribution in [2.45, 2.75) is 12.8 Å². The molecular weight excluding hydrogens is 304 g/mol. The van der Waals surface area contributed by atoms with Crippen molar-refractivity contribution in [3.63, 3.8) is 0 Å². The summed E-state index contributed by atoms with van der Waals surface area (Å²) < 4.78 is 0. The topological polar surface area (TPSA) is 70.5 Å². The Labute approximate surface area is 132 Å². The van der Waals surface area contributed by atoms with E-state index in [9.17, 15) is 9.59 Å². The lowest BCUT2D eigenvalue weighted by molar-refractivity contribution is -0.143. The summed E-state index contributed by atoms with van der Waals surface area (Å²) in [4.78, 5) is 29.6. The van der Waals surface area contributed by atoms with Gasteiger partial charge in [-0.1, -0.05) is 23.7 Å². The number of carboxylic acid groups (broad SMARTS) is 1. The van der Waals surface area contributed by atoms with E-state index in [4.69, 9.17) is 16.7 Å². The van der Waals surface area contributed by atoms with Gasteiger partial charge < -0.3 is 10.0 Å². The molecule has 0 aliphatic carbocycles. The van der Waals surface area contributed by atoms with Crippen LogP contribution in [-0.2, 0) is 4.79 Å². The molecule has 0 spiro atoms. The number of pyridine rings is 1. The highest BCUT2D eigenvalue weighted by atomic mass is 35.5. The number of carboxylic acids is 1. The minimum Gasteiger partial charge on any atom is -0.481 e. The largest absolute Gasteiger partial charge is 0.481 e. The molecule has 0 bridgehead atoms. The lowest BCUT2D eigenvalue weighted by Gasteiger charge is -2.30. The molecule has 2 heterocycles. The standard InChI is InChI=1S/C16H15ClN2O3/c17-12-5-3-10-4-6-13(18-14(10)8-12)15(20)19-7-1-2-11(9-19)16(21)22/h3-6,8,11H,1-2,7,9H2,(H,21,22)/t11-/m1/s1. The number of hydrogen-bond donors (Lipinski definition) is 1. The number of fused-ring (bicyclic) bond motifs is 1. The van der Waals surface area contributed by atoms with E-state index in [0.717, 1.165) is 5.39 Å². The van der Waals surface area contributed by atoms with Crippen LogP contribution in [0.25, 0.3) is 10.9 Å². The van der Waals surface area contributed by atoms with E-state index in [1.54, 1.807) is 23.1 Å². The van der Waals surface area contributed by atoms with E-state index in [-0.39, 0.29) is 12.5 Å². The molecule has 114 valence electrons. The average molecular weight is 319 g/mol. The van der Waals surface area contributed by atoms with Gasteiger partial charge >= 0.3 is 5.97 Å². The van der Waals surface area contributed by atoms with Gasteiger partial charge in [0, 0.05) is 23.5 Å². The van der Waals surface area contributed by atoms with Gasteiger partial charge in [-0.25, -0.2) is 4.98 Å². The Balaban J connectivity index is 1.86. The Kier molecular flexibility index (Phi) is 3.98. The number of piperidine rings is 1. The molecule has 0 radical (unpaired) electrons. The van der Waals surface area contributed by atoms with Crippen LogP contribution in [0.4, 0.5) is 0 Å². The molecule has 1 aliphatic rings. The summed E-state index contributed by atoms with van der Waals surface area (Å²) in [5.74, 6) is -1.57. The van der Waals surface area contributed by atoms with Crippen LogP contribution in [0.5, 0.6) is 0 Å². The lowest BCUT2D eigenvalue weighted by atomic mass is 9.98. The highest BCUT2D eigenvalue weighted by molar-refractivity contribution is 6.31. The van der Waals surface area contributed by atoms with Crippen LogP contribution in [0.1, 0.15) is 23.3 Å². The first-order valence-electron chi connectivity index (χ1n) is 7.13. The highest BCUT2D eigenvalue weighted by Gasteiger charge is 2.29. The summed E-state index contributed by atoms with van der Waals surface area (Å²) in [5.41, 5.74) is 0.978. The van der Waals surface area contributed by atoms with Gasteiger partial charge in [0.25, 0.3) is 5.91 Å². The van der Waals surface area contributed by atoms with E-state index < -0.39 is 11.9 Å². The van der Waals surface area contributed by atoms with Crippen LogP contribution in [0, 0.1) is 5.92 Å². The minimum atomic E-state index is -0.851. The van der Waals surface area contributed by atoms with Crippen molar-refractivity contribution >= 4 is 34.4 Å². The number of carbonyl (C=O) groups excluding carboxylic acids is 1. The number of likely N-dealkylation sites (tertiary alicyclic amines) is 1. The number of carbonyl (C=O) groups is 2. The summed E-state index contributed by atoms with van der Waals surface area (Å²) in [7, 11) is 0. The van der Waals surface area contributed by atoms with Gasteiger partial charge in [0.05, 0.1) is 11.4 Å². The Morgan fingerprint density at radius 2 is 2.05 bits per heavy atom. The fourth-order valence-corrected chi connectivity index (χ4v) is 2.90. The zero-order valence-corrected chi connectivity index (χ0v) is 12.6. The average Bonchev–Trinajstić information content (AvgIpc) is 2.53. The number of rotatable bonds is 2. The molecule has 1 N–H and O–H groups in total. The monoisotopic (exact) mass is 318 g/mol. The van der Waals surface area contributed by atoms with Gasteiger partial charge in [0.15, 0.2) is 0 Å². The smallest absolute Gasteiger partial charge is 0.308 e. The van der Waals surface area contributed by atoms with E-state index in [2.05, 4.69) is 4.98 Å². The number of nitrogens with zero attached hydrogens (tertiary/aromatic N) is 2. The Bertz CT molecular complexity index is 747. The zero-order valence-electron chi connectivity index (χ0n) is 11.8. The first kappa shape index (κ1) is 14.8. The van der Waals surface area contributed by atoms with Gasteiger partial charge in [-0.05, 0) is 31.0 Å². The number of hydrogen-bond acceptors (Lipinski definition) is 3. The third-order valence-corrected chi connectivity index (χ3v) is 4.17. The summed E-state index contributed by atoms with van der Waals surface area (Å²) in [6.07, 6.45) is 1.31. The molecule has 1 atom stereocenters. The molecule has 5 nitrogen and oxygen atoms in total. The van der Waals surface area contributed by atoms with Crippen LogP contribution >= 0.6 is 11.6 Å². The second kappa shape index (κ2) is 5.93. The maximum Gasteiger partial charge on any atom is 0.308 e. The van der Waals surface area contributed by atoms with Crippen LogP contribution in [-0.4, -0.2) is 40.0 Å².